The fourth-order valence-electron chi connectivity index (χ4n) is 1.69. The van der Waals surface area contributed by atoms with E-state index in [-0.39, 0.29) is 18.0 Å². The minimum absolute atomic E-state index is 0.0255. The van der Waals surface area contributed by atoms with Gasteiger partial charge in [0, 0.05) is 17.3 Å². The number of carbonyl (C=O) groups is 1. The van der Waals surface area contributed by atoms with Gasteiger partial charge in [-0.1, -0.05) is 25.8 Å². The molecule has 0 aromatic carbocycles. The Kier molecular flexibility index (Phi) is 6.22. The summed E-state index contributed by atoms with van der Waals surface area (Å²) in [6, 6.07) is 3.90. The number of nitrogens with two attached hydrogens (primary N) is 1. The summed E-state index contributed by atoms with van der Waals surface area (Å²) in [5.41, 5.74) is 5.82. The predicted octanol–water partition coefficient (Wildman–Crippen LogP) is 2.31. The Morgan fingerprint density at radius 3 is 2.94 bits per heavy atom. The molecule has 1 rings (SSSR count). The van der Waals surface area contributed by atoms with E-state index in [0.717, 1.165) is 25.7 Å². The fourth-order valence-corrected chi connectivity index (χ4v) is 2.52. The summed E-state index contributed by atoms with van der Waals surface area (Å²) in [5, 5.41) is 5.02. The Bertz CT molecular complexity index is 324. The Balaban J connectivity index is 2.30. The molecular formula is C13H22N2OS. The summed E-state index contributed by atoms with van der Waals surface area (Å²) in [4.78, 5) is 13.0. The number of unbranched alkanes of at least 4 members (excludes halogenated alkanes) is 1. The third-order valence-electron chi connectivity index (χ3n) is 2.68. The molecule has 0 saturated heterocycles. The van der Waals surface area contributed by atoms with Crippen LogP contribution in [0.5, 0.6) is 0 Å². The minimum Gasteiger partial charge on any atom is -0.352 e. The Labute approximate surface area is 107 Å². The summed E-state index contributed by atoms with van der Waals surface area (Å²) < 4.78 is 0. The van der Waals surface area contributed by atoms with Crippen molar-refractivity contribution >= 4 is 17.2 Å². The first-order valence-electron chi connectivity index (χ1n) is 6.21. The molecule has 2 unspecified atom stereocenters. The lowest BCUT2D eigenvalue weighted by molar-refractivity contribution is -0.123. The fraction of sp³-hybridized carbons (Fsp3) is 0.615. The van der Waals surface area contributed by atoms with E-state index in [9.17, 15) is 4.79 Å². The molecule has 0 aliphatic heterocycles. The van der Waals surface area contributed by atoms with E-state index in [1.165, 1.54) is 4.88 Å². The molecule has 0 saturated carbocycles. The smallest absolute Gasteiger partial charge is 0.237 e. The van der Waals surface area contributed by atoms with E-state index in [2.05, 4.69) is 23.7 Å². The van der Waals surface area contributed by atoms with Crippen molar-refractivity contribution in [2.75, 3.05) is 0 Å². The largest absolute Gasteiger partial charge is 0.352 e. The van der Waals surface area contributed by atoms with Crippen LogP contribution in [-0.4, -0.2) is 18.0 Å². The van der Waals surface area contributed by atoms with Crippen molar-refractivity contribution in [1.82, 2.24) is 5.32 Å². The number of nitrogens with one attached hydrogen (secondary N) is 1. The lowest BCUT2D eigenvalue weighted by Gasteiger charge is -2.16. The Hall–Kier alpha value is -0.870. The number of hydrogen-bond acceptors (Lipinski definition) is 3. The van der Waals surface area contributed by atoms with Gasteiger partial charge < -0.3 is 11.1 Å². The highest BCUT2D eigenvalue weighted by atomic mass is 32.1. The molecule has 0 spiro atoms. The van der Waals surface area contributed by atoms with Gasteiger partial charge in [0.05, 0.1) is 6.04 Å². The average molecular weight is 254 g/mol. The molecule has 4 heteroatoms. The summed E-state index contributed by atoms with van der Waals surface area (Å²) in [7, 11) is 0. The van der Waals surface area contributed by atoms with Gasteiger partial charge in [-0.2, -0.15) is 0 Å². The molecule has 1 aromatic rings. The highest BCUT2D eigenvalue weighted by Gasteiger charge is 2.15. The summed E-state index contributed by atoms with van der Waals surface area (Å²) in [5.74, 6) is -0.0255. The molecule has 0 aliphatic carbocycles. The standard InChI is InChI=1S/C13H22N2OS/c1-3-4-7-12(14)13(16)15-10(2)9-11-6-5-8-17-11/h5-6,8,10,12H,3-4,7,9,14H2,1-2H3,(H,15,16). The molecule has 3 N–H and O–H groups in total. The normalized spacial score (nSPS) is 14.3. The maximum atomic E-state index is 11.8. The third kappa shape index (κ3) is 5.33. The molecule has 3 nitrogen and oxygen atoms in total. The van der Waals surface area contributed by atoms with Crippen LogP contribution in [0.1, 0.15) is 38.0 Å². The van der Waals surface area contributed by atoms with Crippen molar-refractivity contribution in [1.29, 1.82) is 0 Å². The first-order valence-corrected chi connectivity index (χ1v) is 7.09. The second-order valence-electron chi connectivity index (χ2n) is 4.44. The number of rotatable bonds is 7. The first-order chi connectivity index (χ1) is 8.13. The molecular weight excluding hydrogens is 232 g/mol. The molecule has 0 bridgehead atoms. The zero-order valence-corrected chi connectivity index (χ0v) is 11.4. The molecule has 17 heavy (non-hydrogen) atoms. The van der Waals surface area contributed by atoms with Crippen molar-refractivity contribution in [3.8, 4) is 0 Å². The predicted molar refractivity (Wildman–Crippen MR) is 73.1 cm³/mol. The maximum absolute atomic E-state index is 11.8. The molecule has 0 fully saturated rings. The van der Waals surface area contributed by atoms with E-state index in [0.29, 0.717) is 0 Å². The van der Waals surface area contributed by atoms with Gasteiger partial charge in [-0.05, 0) is 24.8 Å². The highest BCUT2D eigenvalue weighted by Crippen LogP contribution is 2.11. The number of carbonyl (C=O) groups excluding carboxylic acids is 1. The van der Waals surface area contributed by atoms with Crippen LogP contribution in [0, 0.1) is 0 Å². The molecule has 1 heterocycles. The van der Waals surface area contributed by atoms with Gasteiger partial charge in [0.25, 0.3) is 0 Å². The van der Waals surface area contributed by atoms with Gasteiger partial charge in [-0.3, -0.25) is 4.79 Å². The summed E-state index contributed by atoms with van der Waals surface area (Å²) >= 11 is 1.72. The van der Waals surface area contributed by atoms with Crippen LogP contribution in [-0.2, 0) is 11.2 Å². The summed E-state index contributed by atoms with van der Waals surface area (Å²) in [6.07, 6.45) is 3.73. The Morgan fingerprint density at radius 1 is 1.59 bits per heavy atom. The van der Waals surface area contributed by atoms with Gasteiger partial charge in [0.2, 0.25) is 5.91 Å². The van der Waals surface area contributed by atoms with Crippen LogP contribution in [0.15, 0.2) is 17.5 Å². The number of thiophene rings is 1. The van der Waals surface area contributed by atoms with Gasteiger partial charge >= 0.3 is 0 Å². The zero-order valence-electron chi connectivity index (χ0n) is 10.6. The Morgan fingerprint density at radius 2 is 2.35 bits per heavy atom. The highest BCUT2D eigenvalue weighted by molar-refractivity contribution is 7.09. The van der Waals surface area contributed by atoms with E-state index in [1.54, 1.807) is 11.3 Å². The molecule has 1 amide bonds. The van der Waals surface area contributed by atoms with E-state index < -0.39 is 0 Å². The van der Waals surface area contributed by atoms with Gasteiger partial charge in [-0.15, -0.1) is 11.3 Å². The zero-order chi connectivity index (χ0) is 12.7. The monoisotopic (exact) mass is 254 g/mol. The SMILES string of the molecule is CCCCC(N)C(=O)NC(C)Cc1cccs1. The van der Waals surface area contributed by atoms with Crippen LogP contribution in [0.4, 0.5) is 0 Å². The second-order valence-corrected chi connectivity index (χ2v) is 5.47. The molecule has 1 aromatic heterocycles. The van der Waals surface area contributed by atoms with E-state index >= 15 is 0 Å². The molecule has 2 atom stereocenters. The quantitative estimate of drug-likeness (QED) is 0.784. The molecule has 0 aliphatic rings. The average Bonchev–Trinajstić information content (AvgIpc) is 2.78. The van der Waals surface area contributed by atoms with Crippen LogP contribution in [0.2, 0.25) is 0 Å². The minimum atomic E-state index is -0.360. The van der Waals surface area contributed by atoms with Crippen molar-refractivity contribution in [3.05, 3.63) is 22.4 Å². The van der Waals surface area contributed by atoms with Crippen molar-refractivity contribution in [3.63, 3.8) is 0 Å². The maximum Gasteiger partial charge on any atom is 0.237 e. The molecule has 96 valence electrons. The van der Waals surface area contributed by atoms with E-state index in [4.69, 9.17) is 5.73 Å². The lowest BCUT2D eigenvalue weighted by Crippen LogP contribution is -2.45. The second kappa shape index (κ2) is 7.45. The van der Waals surface area contributed by atoms with Crippen LogP contribution in [0.3, 0.4) is 0 Å². The van der Waals surface area contributed by atoms with Crippen molar-refractivity contribution < 1.29 is 4.79 Å². The van der Waals surface area contributed by atoms with Gasteiger partial charge in [-0.25, -0.2) is 0 Å². The van der Waals surface area contributed by atoms with Crippen LogP contribution in [0.25, 0.3) is 0 Å². The number of hydrogen-bond donors (Lipinski definition) is 2. The summed E-state index contributed by atoms with van der Waals surface area (Å²) in [6.45, 7) is 4.12. The van der Waals surface area contributed by atoms with Crippen LogP contribution < -0.4 is 11.1 Å². The first kappa shape index (κ1) is 14.2. The lowest BCUT2D eigenvalue weighted by atomic mass is 10.1. The topological polar surface area (TPSA) is 55.1 Å². The molecule has 0 radical (unpaired) electrons. The van der Waals surface area contributed by atoms with Gasteiger partial charge in [0.1, 0.15) is 0 Å². The number of amides is 1. The van der Waals surface area contributed by atoms with Gasteiger partial charge in [0.15, 0.2) is 0 Å². The van der Waals surface area contributed by atoms with Crippen LogP contribution >= 0.6 is 11.3 Å². The third-order valence-corrected chi connectivity index (χ3v) is 3.58. The van der Waals surface area contributed by atoms with Crippen molar-refractivity contribution in [2.24, 2.45) is 5.73 Å². The van der Waals surface area contributed by atoms with Crippen molar-refractivity contribution in [2.45, 2.75) is 51.6 Å². The van der Waals surface area contributed by atoms with E-state index in [1.807, 2.05) is 13.0 Å².